The van der Waals surface area contributed by atoms with E-state index in [-0.39, 0.29) is 0 Å². The Morgan fingerprint density at radius 1 is 1.23 bits per heavy atom. The summed E-state index contributed by atoms with van der Waals surface area (Å²) >= 11 is 5.71. The predicted octanol–water partition coefficient (Wildman–Crippen LogP) is 1.59. The topological polar surface area (TPSA) is 29.0 Å². The van der Waals surface area contributed by atoms with Crippen molar-refractivity contribution in [2.75, 3.05) is 18.0 Å². The highest BCUT2D eigenvalue weighted by molar-refractivity contribution is 6.30. The number of fused-ring (bicyclic) bond motifs is 1. The minimum atomic E-state index is 0.605. The molecule has 13 heavy (non-hydrogen) atoms. The first kappa shape index (κ1) is 7.56. The van der Waals surface area contributed by atoms with Gasteiger partial charge in [-0.3, -0.25) is 0 Å². The molecule has 0 bridgehead atoms. The van der Waals surface area contributed by atoms with Crippen molar-refractivity contribution >= 4 is 17.5 Å². The van der Waals surface area contributed by atoms with Crippen molar-refractivity contribution in [2.24, 2.45) is 11.8 Å². The molecule has 0 spiro atoms. The molecule has 2 atom stereocenters. The third-order valence-corrected chi connectivity index (χ3v) is 3.06. The Kier molecular flexibility index (Phi) is 1.50. The van der Waals surface area contributed by atoms with E-state index in [1.807, 2.05) is 0 Å². The van der Waals surface area contributed by atoms with E-state index in [4.69, 9.17) is 11.6 Å². The van der Waals surface area contributed by atoms with E-state index >= 15 is 0 Å². The van der Waals surface area contributed by atoms with Gasteiger partial charge in [0.1, 0.15) is 0 Å². The summed E-state index contributed by atoms with van der Waals surface area (Å²) in [5, 5.41) is 0.605. The molecule has 0 amide bonds. The molecule has 3 rings (SSSR count). The average Bonchev–Trinajstić information content (AvgIpc) is 2.75. The van der Waals surface area contributed by atoms with Crippen LogP contribution in [0.15, 0.2) is 12.4 Å². The van der Waals surface area contributed by atoms with Crippen LogP contribution in [0, 0.1) is 11.8 Å². The number of nitrogens with zero attached hydrogens (tertiary/aromatic N) is 3. The molecule has 2 aliphatic rings. The van der Waals surface area contributed by atoms with Gasteiger partial charge in [-0.1, -0.05) is 11.6 Å². The van der Waals surface area contributed by atoms with Crippen molar-refractivity contribution in [1.82, 2.24) is 9.97 Å². The molecule has 1 aromatic rings. The van der Waals surface area contributed by atoms with E-state index in [2.05, 4.69) is 14.9 Å². The SMILES string of the molecule is Clc1cnc(N2CC3CC3C2)nc1. The molecule has 4 heteroatoms. The predicted molar refractivity (Wildman–Crippen MR) is 50.9 cm³/mol. The Bertz CT molecular complexity index is 314. The van der Waals surface area contributed by atoms with Crippen LogP contribution < -0.4 is 4.90 Å². The number of rotatable bonds is 1. The Morgan fingerprint density at radius 2 is 1.85 bits per heavy atom. The van der Waals surface area contributed by atoms with Crippen LogP contribution in [0.2, 0.25) is 5.02 Å². The zero-order valence-corrected chi connectivity index (χ0v) is 7.91. The number of anilines is 1. The first-order valence-corrected chi connectivity index (χ1v) is 4.93. The Morgan fingerprint density at radius 3 is 2.46 bits per heavy atom. The van der Waals surface area contributed by atoms with Gasteiger partial charge in [0.2, 0.25) is 5.95 Å². The maximum atomic E-state index is 5.71. The van der Waals surface area contributed by atoms with Crippen molar-refractivity contribution in [3.05, 3.63) is 17.4 Å². The van der Waals surface area contributed by atoms with Crippen LogP contribution in [-0.2, 0) is 0 Å². The number of piperidine rings is 1. The lowest BCUT2D eigenvalue weighted by Gasteiger charge is -2.16. The van der Waals surface area contributed by atoms with E-state index in [1.54, 1.807) is 12.4 Å². The lowest BCUT2D eigenvalue weighted by molar-refractivity contribution is 0.787. The molecule has 1 saturated carbocycles. The highest BCUT2D eigenvalue weighted by atomic mass is 35.5. The molecule has 3 nitrogen and oxygen atoms in total. The van der Waals surface area contributed by atoms with Gasteiger partial charge in [-0.2, -0.15) is 0 Å². The van der Waals surface area contributed by atoms with Crippen LogP contribution in [0.1, 0.15) is 6.42 Å². The summed E-state index contributed by atoms with van der Waals surface area (Å²) in [6, 6.07) is 0. The quantitative estimate of drug-likeness (QED) is 0.682. The molecular weight excluding hydrogens is 186 g/mol. The molecule has 0 radical (unpaired) electrons. The molecule has 2 fully saturated rings. The average molecular weight is 196 g/mol. The van der Waals surface area contributed by atoms with Gasteiger partial charge in [0.15, 0.2) is 0 Å². The molecule has 1 aliphatic heterocycles. The third-order valence-electron chi connectivity index (χ3n) is 2.87. The smallest absolute Gasteiger partial charge is 0.225 e. The van der Waals surface area contributed by atoms with Crippen LogP contribution in [0.4, 0.5) is 5.95 Å². The first-order chi connectivity index (χ1) is 6.33. The van der Waals surface area contributed by atoms with E-state index in [9.17, 15) is 0 Å². The fourth-order valence-electron chi connectivity index (χ4n) is 2.03. The van der Waals surface area contributed by atoms with Crippen LogP contribution >= 0.6 is 11.6 Å². The zero-order chi connectivity index (χ0) is 8.84. The van der Waals surface area contributed by atoms with E-state index in [0.717, 1.165) is 30.9 Å². The second-order valence-electron chi connectivity index (χ2n) is 3.86. The maximum Gasteiger partial charge on any atom is 0.225 e. The minimum Gasteiger partial charge on any atom is -0.340 e. The fraction of sp³-hybridized carbons (Fsp3) is 0.556. The lowest BCUT2D eigenvalue weighted by atomic mass is 10.4. The van der Waals surface area contributed by atoms with Gasteiger partial charge in [0, 0.05) is 13.1 Å². The Labute approximate surface area is 81.7 Å². The first-order valence-electron chi connectivity index (χ1n) is 4.55. The number of halogens is 1. The zero-order valence-electron chi connectivity index (χ0n) is 7.15. The molecule has 68 valence electrons. The second-order valence-corrected chi connectivity index (χ2v) is 4.30. The number of hydrogen-bond acceptors (Lipinski definition) is 3. The van der Waals surface area contributed by atoms with Crippen LogP contribution in [0.3, 0.4) is 0 Å². The van der Waals surface area contributed by atoms with Crippen LogP contribution in [0.25, 0.3) is 0 Å². The lowest BCUT2D eigenvalue weighted by Crippen LogP contribution is -2.23. The van der Waals surface area contributed by atoms with Gasteiger partial charge in [-0.15, -0.1) is 0 Å². The van der Waals surface area contributed by atoms with Gasteiger partial charge in [-0.25, -0.2) is 9.97 Å². The minimum absolute atomic E-state index is 0.605. The molecule has 0 aromatic carbocycles. The number of hydrogen-bond donors (Lipinski definition) is 0. The fourth-order valence-corrected chi connectivity index (χ4v) is 2.13. The normalized spacial score (nSPS) is 30.4. The second kappa shape index (κ2) is 2.58. The maximum absolute atomic E-state index is 5.71. The Balaban J connectivity index is 1.81. The molecule has 2 heterocycles. The molecule has 1 aliphatic carbocycles. The van der Waals surface area contributed by atoms with Gasteiger partial charge < -0.3 is 4.90 Å². The largest absolute Gasteiger partial charge is 0.340 e. The van der Waals surface area contributed by atoms with Crippen molar-refractivity contribution in [3.63, 3.8) is 0 Å². The summed E-state index contributed by atoms with van der Waals surface area (Å²) in [5.41, 5.74) is 0. The molecule has 0 N–H and O–H groups in total. The highest BCUT2D eigenvalue weighted by Crippen LogP contribution is 2.45. The third kappa shape index (κ3) is 1.27. The van der Waals surface area contributed by atoms with Crippen LogP contribution in [0.5, 0.6) is 0 Å². The highest BCUT2D eigenvalue weighted by Gasteiger charge is 2.45. The monoisotopic (exact) mass is 195 g/mol. The van der Waals surface area contributed by atoms with Crippen LogP contribution in [-0.4, -0.2) is 23.1 Å². The summed E-state index contributed by atoms with van der Waals surface area (Å²) in [6.45, 7) is 2.26. The van der Waals surface area contributed by atoms with Crippen molar-refractivity contribution in [2.45, 2.75) is 6.42 Å². The van der Waals surface area contributed by atoms with E-state index in [0.29, 0.717) is 5.02 Å². The summed E-state index contributed by atoms with van der Waals surface area (Å²) < 4.78 is 0. The van der Waals surface area contributed by atoms with Gasteiger partial charge in [0.25, 0.3) is 0 Å². The van der Waals surface area contributed by atoms with E-state index in [1.165, 1.54) is 6.42 Å². The molecular formula is C9H10ClN3. The molecule has 2 unspecified atom stereocenters. The summed E-state index contributed by atoms with van der Waals surface area (Å²) in [4.78, 5) is 10.6. The molecule has 1 saturated heterocycles. The van der Waals surface area contributed by atoms with Gasteiger partial charge >= 0.3 is 0 Å². The summed E-state index contributed by atoms with van der Waals surface area (Å²) in [7, 11) is 0. The van der Waals surface area contributed by atoms with Gasteiger partial charge in [0.05, 0.1) is 17.4 Å². The van der Waals surface area contributed by atoms with Crippen molar-refractivity contribution in [3.8, 4) is 0 Å². The van der Waals surface area contributed by atoms with Crippen molar-refractivity contribution in [1.29, 1.82) is 0 Å². The van der Waals surface area contributed by atoms with E-state index < -0.39 is 0 Å². The standard InChI is InChI=1S/C9H10ClN3/c10-8-2-11-9(12-3-8)13-4-6-1-7(6)5-13/h2-3,6-7H,1,4-5H2. The Hall–Kier alpha value is -0.830. The molecule has 1 aromatic heterocycles. The summed E-state index contributed by atoms with van der Waals surface area (Å²) in [5.74, 6) is 2.66. The van der Waals surface area contributed by atoms with Gasteiger partial charge in [-0.05, 0) is 18.3 Å². The number of aromatic nitrogens is 2. The summed E-state index contributed by atoms with van der Waals surface area (Å²) in [6.07, 6.45) is 4.73. The van der Waals surface area contributed by atoms with Crippen molar-refractivity contribution < 1.29 is 0 Å².